The summed E-state index contributed by atoms with van der Waals surface area (Å²) in [4.78, 5) is 13.9. The third-order valence-electron chi connectivity index (χ3n) is 3.21. The molecule has 2 aliphatic rings. The molecule has 0 aromatic heterocycles. The average molecular weight is 257 g/mol. The van der Waals surface area contributed by atoms with Gasteiger partial charge in [-0.3, -0.25) is 4.79 Å². The molecule has 0 atom stereocenters. The number of rotatable bonds is 2. The zero-order valence-electron chi connectivity index (χ0n) is 11.5. The van der Waals surface area contributed by atoms with Gasteiger partial charge in [-0.25, -0.2) is 0 Å². The number of amides is 1. The summed E-state index contributed by atoms with van der Waals surface area (Å²) < 4.78 is 16.8. The summed E-state index contributed by atoms with van der Waals surface area (Å²) in [5, 5.41) is 0. The quantitative estimate of drug-likeness (QED) is 0.745. The second-order valence-electron chi connectivity index (χ2n) is 5.93. The molecular formula is C13H23NO4. The van der Waals surface area contributed by atoms with Crippen molar-refractivity contribution in [2.24, 2.45) is 0 Å². The molecule has 0 radical (unpaired) electrons. The predicted octanol–water partition coefficient (Wildman–Crippen LogP) is 1.17. The minimum Gasteiger partial charge on any atom is -0.366 e. The molecule has 0 unspecified atom stereocenters. The van der Waals surface area contributed by atoms with Gasteiger partial charge in [-0.1, -0.05) is 0 Å². The van der Waals surface area contributed by atoms with E-state index in [0.29, 0.717) is 19.8 Å². The largest absolute Gasteiger partial charge is 0.366 e. The maximum atomic E-state index is 12.1. The number of hydrogen-bond acceptors (Lipinski definition) is 4. The highest BCUT2D eigenvalue weighted by molar-refractivity contribution is 5.77. The SMILES string of the molecule is CC(C)(C)OCC(=O)N1CCCC2(C1)OCCO2. The van der Waals surface area contributed by atoms with Crippen LogP contribution in [0.4, 0.5) is 0 Å². The Morgan fingerprint density at radius 2 is 2.00 bits per heavy atom. The number of piperidine rings is 1. The highest BCUT2D eigenvalue weighted by atomic mass is 16.7. The molecule has 2 rings (SSSR count). The number of carbonyl (C=O) groups excluding carboxylic acids is 1. The van der Waals surface area contributed by atoms with E-state index in [1.807, 2.05) is 20.8 Å². The van der Waals surface area contributed by atoms with Crippen molar-refractivity contribution in [1.29, 1.82) is 0 Å². The van der Waals surface area contributed by atoms with Gasteiger partial charge in [-0.05, 0) is 27.2 Å². The van der Waals surface area contributed by atoms with E-state index in [2.05, 4.69) is 0 Å². The van der Waals surface area contributed by atoms with E-state index in [1.54, 1.807) is 4.90 Å². The van der Waals surface area contributed by atoms with Crippen molar-refractivity contribution in [3.63, 3.8) is 0 Å². The molecule has 0 aromatic rings. The fourth-order valence-electron chi connectivity index (χ4n) is 2.30. The van der Waals surface area contributed by atoms with Crippen LogP contribution < -0.4 is 0 Å². The number of hydrogen-bond donors (Lipinski definition) is 0. The summed E-state index contributed by atoms with van der Waals surface area (Å²) in [5.41, 5.74) is -0.288. The van der Waals surface area contributed by atoms with Crippen molar-refractivity contribution >= 4 is 5.91 Å². The maximum absolute atomic E-state index is 12.1. The van der Waals surface area contributed by atoms with Crippen LogP contribution >= 0.6 is 0 Å². The first-order valence-electron chi connectivity index (χ1n) is 6.60. The van der Waals surface area contributed by atoms with Crippen molar-refractivity contribution < 1.29 is 19.0 Å². The summed E-state index contributed by atoms with van der Waals surface area (Å²) in [6.45, 7) is 8.50. The zero-order valence-corrected chi connectivity index (χ0v) is 11.5. The van der Waals surface area contributed by atoms with E-state index in [1.165, 1.54) is 0 Å². The summed E-state index contributed by atoms with van der Waals surface area (Å²) in [6, 6.07) is 0. The molecule has 0 aromatic carbocycles. The van der Waals surface area contributed by atoms with Gasteiger partial charge in [-0.2, -0.15) is 0 Å². The van der Waals surface area contributed by atoms with Gasteiger partial charge < -0.3 is 19.1 Å². The first-order valence-corrected chi connectivity index (χ1v) is 6.60. The molecule has 2 aliphatic heterocycles. The Morgan fingerprint density at radius 1 is 1.33 bits per heavy atom. The number of likely N-dealkylation sites (tertiary alicyclic amines) is 1. The zero-order chi connectivity index (χ0) is 13.2. The molecule has 2 saturated heterocycles. The standard InChI is InChI=1S/C13H23NO4/c1-12(2,3)18-9-11(15)14-6-4-5-13(10-14)16-7-8-17-13/h4-10H2,1-3H3. The smallest absolute Gasteiger partial charge is 0.248 e. The highest BCUT2D eigenvalue weighted by Crippen LogP contribution is 2.30. The molecule has 18 heavy (non-hydrogen) atoms. The number of carbonyl (C=O) groups is 1. The van der Waals surface area contributed by atoms with E-state index >= 15 is 0 Å². The Hall–Kier alpha value is -0.650. The molecule has 1 amide bonds. The van der Waals surface area contributed by atoms with E-state index in [-0.39, 0.29) is 18.1 Å². The summed E-state index contributed by atoms with van der Waals surface area (Å²) in [5.74, 6) is -0.529. The average Bonchev–Trinajstić information content (AvgIpc) is 2.73. The summed E-state index contributed by atoms with van der Waals surface area (Å²) in [7, 11) is 0. The molecule has 1 spiro atoms. The Balaban J connectivity index is 1.86. The van der Waals surface area contributed by atoms with Gasteiger partial charge >= 0.3 is 0 Å². The lowest BCUT2D eigenvalue weighted by atomic mass is 10.0. The van der Waals surface area contributed by atoms with Crippen LogP contribution in [0.2, 0.25) is 0 Å². The molecule has 0 aliphatic carbocycles. The summed E-state index contributed by atoms with van der Waals surface area (Å²) >= 11 is 0. The molecule has 5 heteroatoms. The van der Waals surface area contributed by atoms with Gasteiger partial charge in [0.1, 0.15) is 6.61 Å². The third-order valence-corrected chi connectivity index (χ3v) is 3.21. The molecule has 0 saturated carbocycles. The van der Waals surface area contributed by atoms with E-state index in [9.17, 15) is 4.79 Å². The van der Waals surface area contributed by atoms with Crippen LogP contribution in [0, 0.1) is 0 Å². The monoisotopic (exact) mass is 257 g/mol. The Morgan fingerprint density at radius 3 is 2.61 bits per heavy atom. The maximum Gasteiger partial charge on any atom is 0.248 e. The van der Waals surface area contributed by atoms with Gasteiger partial charge in [-0.15, -0.1) is 0 Å². The lowest BCUT2D eigenvalue weighted by molar-refractivity contribution is -0.195. The number of nitrogens with zero attached hydrogens (tertiary/aromatic N) is 1. The van der Waals surface area contributed by atoms with Gasteiger partial charge in [0.25, 0.3) is 0 Å². The third kappa shape index (κ3) is 3.43. The molecule has 5 nitrogen and oxygen atoms in total. The van der Waals surface area contributed by atoms with Gasteiger partial charge in [0, 0.05) is 13.0 Å². The topological polar surface area (TPSA) is 48.0 Å². The molecule has 104 valence electrons. The van der Waals surface area contributed by atoms with Crippen LogP contribution in [0.1, 0.15) is 33.6 Å². The second-order valence-corrected chi connectivity index (χ2v) is 5.93. The van der Waals surface area contributed by atoms with Gasteiger partial charge in [0.15, 0.2) is 5.79 Å². The van der Waals surface area contributed by atoms with Crippen molar-refractivity contribution in [3.05, 3.63) is 0 Å². The molecule has 2 fully saturated rings. The van der Waals surface area contributed by atoms with Gasteiger partial charge in [0.05, 0.1) is 25.4 Å². The van der Waals surface area contributed by atoms with Gasteiger partial charge in [0.2, 0.25) is 5.91 Å². The highest BCUT2D eigenvalue weighted by Gasteiger charge is 2.42. The molecule has 2 heterocycles. The van der Waals surface area contributed by atoms with Crippen LogP contribution in [0.3, 0.4) is 0 Å². The number of ether oxygens (including phenoxy) is 3. The lowest BCUT2D eigenvalue weighted by Gasteiger charge is -2.38. The van der Waals surface area contributed by atoms with Crippen LogP contribution in [0.25, 0.3) is 0 Å². The Bertz CT molecular complexity index is 305. The molecule has 0 bridgehead atoms. The fourth-order valence-corrected chi connectivity index (χ4v) is 2.30. The normalized spacial score (nSPS) is 23.6. The first kappa shape index (κ1) is 13.8. The molecular weight excluding hydrogens is 234 g/mol. The Labute approximate surface area is 108 Å². The predicted molar refractivity (Wildman–Crippen MR) is 66.2 cm³/mol. The van der Waals surface area contributed by atoms with Crippen LogP contribution in [-0.4, -0.2) is 55.1 Å². The van der Waals surface area contributed by atoms with Crippen molar-refractivity contribution in [1.82, 2.24) is 4.90 Å². The van der Waals surface area contributed by atoms with Crippen molar-refractivity contribution in [2.45, 2.75) is 45.0 Å². The van der Waals surface area contributed by atoms with E-state index in [4.69, 9.17) is 14.2 Å². The lowest BCUT2D eigenvalue weighted by Crippen LogP contribution is -2.52. The minimum absolute atomic E-state index is 0.0168. The van der Waals surface area contributed by atoms with E-state index in [0.717, 1.165) is 19.4 Å². The van der Waals surface area contributed by atoms with Crippen LogP contribution in [0.5, 0.6) is 0 Å². The Kier molecular flexibility index (Phi) is 3.94. The first-order chi connectivity index (χ1) is 8.40. The summed E-state index contributed by atoms with van der Waals surface area (Å²) in [6.07, 6.45) is 1.79. The van der Waals surface area contributed by atoms with E-state index < -0.39 is 5.79 Å². The second kappa shape index (κ2) is 5.15. The van der Waals surface area contributed by atoms with Crippen LogP contribution in [-0.2, 0) is 19.0 Å². The minimum atomic E-state index is -0.546. The van der Waals surface area contributed by atoms with Crippen LogP contribution in [0.15, 0.2) is 0 Å². The van der Waals surface area contributed by atoms with Crippen molar-refractivity contribution in [2.75, 3.05) is 32.9 Å². The fraction of sp³-hybridized carbons (Fsp3) is 0.923. The van der Waals surface area contributed by atoms with Crippen molar-refractivity contribution in [3.8, 4) is 0 Å². The molecule has 0 N–H and O–H groups in total.